The van der Waals surface area contributed by atoms with E-state index >= 15 is 0 Å². The van der Waals surface area contributed by atoms with Gasteiger partial charge in [-0.3, -0.25) is 4.79 Å². The molecular formula is C18H24O. The Balaban J connectivity index is 1.98. The third kappa shape index (κ3) is 1.05. The summed E-state index contributed by atoms with van der Waals surface area (Å²) in [7, 11) is 0. The maximum atomic E-state index is 12.3. The first-order valence-corrected chi connectivity index (χ1v) is 7.75. The van der Waals surface area contributed by atoms with Crippen LogP contribution in [0.3, 0.4) is 0 Å². The van der Waals surface area contributed by atoms with Crippen LogP contribution in [0.4, 0.5) is 0 Å². The first kappa shape index (κ1) is 11.9. The fraction of sp³-hybridized carbons (Fsp3) is 0.722. The van der Waals surface area contributed by atoms with Crippen LogP contribution in [0.2, 0.25) is 0 Å². The quantitative estimate of drug-likeness (QED) is 0.595. The minimum absolute atomic E-state index is 0.0916. The van der Waals surface area contributed by atoms with Crippen LogP contribution in [0.25, 0.3) is 0 Å². The van der Waals surface area contributed by atoms with Gasteiger partial charge in [-0.1, -0.05) is 38.5 Å². The number of fused-ring (bicyclic) bond motifs is 3. The van der Waals surface area contributed by atoms with Crippen molar-refractivity contribution >= 4 is 5.78 Å². The van der Waals surface area contributed by atoms with Crippen LogP contribution in [0.1, 0.15) is 47.0 Å². The first-order chi connectivity index (χ1) is 8.83. The molecule has 2 saturated carbocycles. The summed E-state index contributed by atoms with van der Waals surface area (Å²) in [6.07, 6.45) is 10.5. The average molecular weight is 256 g/mol. The van der Waals surface area contributed by atoms with Gasteiger partial charge in [0.05, 0.1) is 0 Å². The fourth-order valence-electron chi connectivity index (χ4n) is 6.15. The summed E-state index contributed by atoms with van der Waals surface area (Å²) in [5.74, 6) is 2.06. The molecule has 0 radical (unpaired) electrons. The summed E-state index contributed by atoms with van der Waals surface area (Å²) in [6.45, 7) is 9.45. The lowest BCUT2D eigenvalue weighted by Gasteiger charge is -2.61. The Morgan fingerprint density at radius 1 is 1.21 bits per heavy atom. The molecule has 0 heterocycles. The van der Waals surface area contributed by atoms with Crippen molar-refractivity contribution in [3.05, 3.63) is 23.8 Å². The number of carbonyl (C=O) groups excluding carboxylic acids is 1. The second kappa shape index (κ2) is 3.07. The van der Waals surface area contributed by atoms with Gasteiger partial charge in [0.1, 0.15) is 0 Å². The van der Waals surface area contributed by atoms with Gasteiger partial charge in [0.25, 0.3) is 0 Å². The zero-order valence-electron chi connectivity index (χ0n) is 12.5. The summed E-state index contributed by atoms with van der Waals surface area (Å²) in [5.41, 5.74) is 2.26. The summed E-state index contributed by atoms with van der Waals surface area (Å²) in [6, 6.07) is 0. The lowest BCUT2D eigenvalue weighted by Crippen LogP contribution is -2.54. The van der Waals surface area contributed by atoms with Gasteiger partial charge in [0.2, 0.25) is 0 Å². The van der Waals surface area contributed by atoms with E-state index in [1.807, 2.05) is 6.08 Å². The molecule has 2 fully saturated rings. The van der Waals surface area contributed by atoms with E-state index in [-0.39, 0.29) is 16.7 Å². The third-order valence-corrected chi connectivity index (χ3v) is 7.48. The lowest BCUT2D eigenvalue weighted by molar-refractivity contribution is -0.122. The van der Waals surface area contributed by atoms with E-state index < -0.39 is 0 Å². The number of rotatable bonds is 0. The summed E-state index contributed by atoms with van der Waals surface area (Å²) >= 11 is 0. The molecule has 0 aromatic carbocycles. The topological polar surface area (TPSA) is 17.1 Å². The Morgan fingerprint density at radius 2 is 1.95 bits per heavy atom. The molecule has 4 aliphatic carbocycles. The van der Waals surface area contributed by atoms with Crippen molar-refractivity contribution in [2.75, 3.05) is 0 Å². The van der Waals surface area contributed by atoms with Gasteiger partial charge in [-0.2, -0.15) is 0 Å². The van der Waals surface area contributed by atoms with E-state index in [2.05, 4.69) is 39.8 Å². The number of allylic oxidation sites excluding steroid dienone is 4. The van der Waals surface area contributed by atoms with Crippen molar-refractivity contribution in [2.24, 2.45) is 34.0 Å². The van der Waals surface area contributed by atoms with Crippen molar-refractivity contribution in [1.29, 1.82) is 0 Å². The maximum Gasteiger partial charge on any atom is 0.159 e. The monoisotopic (exact) mass is 256 g/mol. The molecule has 102 valence electrons. The summed E-state index contributed by atoms with van der Waals surface area (Å²) < 4.78 is 0. The molecule has 0 unspecified atom stereocenters. The van der Waals surface area contributed by atoms with Crippen LogP contribution in [-0.4, -0.2) is 5.78 Å². The Hall–Kier alpha value is -0.850. The number of ketones is 1. The van der Waals surface area contributed by atoms with Crippen molar-refractivity contribution in [2.45, 2.75) is 47.0 Å². The van der Waals surface area contributed by atoms with Crippen molar-refractivity contribution in [3.63, 3.8) is 0 Å². The Labute approximate surface area is 116 Å². The van der Waals surface area contributed by atoms with E-state index in [1.165, 1.54) is 12.8 Å². The molecule has 1 spiro atoms. The van der Waals surface area contributed by atoms with E-state index in [0.717, 1.165) is 12.3 Å². The van der Waals surface area contributed by atoms with Crippen LogP contribution in [0.5, 0.6) is 0 Å². The molecule has 0 N–H and O–H groups in total. The molecule has 2 bridgehead atoms. The number of hydrogen-bond donors (Lipinski definition) is 0. The largest absolute Gasteiger partial charge is 0.295 e. The highest BCUT2D eigenvalue weighted by molar-refractivity contribution is 5.94. The molecule has 1 heteroatoms. The Morgan fingerprint density at radius 3 is 2.58 bits per heavy atom. The fourth-order valence-corrected chi connectivity index (χ4v) is 6.15. The predicted molar refractivity (Wildman–Crippen MR) is 76.5 cm³/mol. The molecule has 4 aliphatic rings. The second-order valence-corrected chi connectivity index (χ2v) is 8.22. The predicted octanol–water partition coefficient (Wildman–Crippen LogP) is 4.15. The standard InChI is InChI=1S/C18H24O/c1-11-10-18-8-6-14(19)13(16(18,2)3)9-15(18)17(4)7-5-12(11)17/h6,8,10,12-13,15H,5,7,9H2,1-4H3/t12-,13-,15+,17-,18+/m1/s1. The lowest BCUT2D eigenvalue weighted by atomic mass is 9.42. The Bertz CT molecular complexity index is 538. The van der Waals surface area contributed by atoms with Gasteiger partial charge in [0.15, 0.2) is 5.78 Å². The highest BCUT2D eigenvalue weighted by Crippen LogP contribution is 2.74. The minimum atomic E-state index is 0.0916. The maximum absolute atomic E-state index is 12.3. The number of carbonyl (C=O) groups is 1. The number of hydrogen-bond acceptors (Lipinski definition) is 1. The summed E-state index contributed by atoms with van der Waals surface area (Å²) in [5, 5.41) is 0. The molecule has 0 amide bonds. The SMILES string of the molecule is CC1=C[C@@]23C=CC(=O)[C@@H](C[C@H]2[C@]2(C)CC[C@H]12)C3(C)C. The second-order valence-electron chi connectivity index (χ2n) is 8.22. The molecule has 0 aliphatic heterocycles. The van der Waals surface area contributed by atoms with Crippen LogP contribution in [0.15, 0.2) is 23.8 Å². The molecule has 5 atom stereocenters. The molecule has 19 heavy (non-hydrogen) atoms. The van der Waals surface area contributed by atoms with E-state index in [1.54, 1.807) is 5.57 Å². The molecule has 0 aromatic heterocycles. The van der Waals surface area contributed by atoms with Crippen LogP contribution in [0, 0.1) is 34.0 Å². The highest BCUT2D eigenvalue weighted by Gasteiger charge is 2.69. The van der Waals surface area contributed by atoms with Crippen LogP contribution < -0.4 is 0 Å². The molecule has 1 nitrogen and oxygen atoms in total. The van der Waals surface area contributed by atoms with Gasteiger partial charge in [-0.25, -0.2) is 0 Å². The van der Waals surface area contributed by atoms with Gasteiger partial charge in [-0.05, 0) is 54.9 Å². The van der Waals surface area contributed by atoms with Gasteiger partial charge in [-0.15, -0.1) is 0 Å². The Kier molecular flexibility index (Phi) is 1.93. The van der Waals surface area contributed by atoms with Crippen LogP contribution >= 0.6 is 0 Å². The van der Waals surface area contributed by atoms with Gasteiger partial charge >= 0.3 is 0 Å². The van der Waals surface area contributed by atoms with Gasteiger partial charge < -0.3 is 0 Å². The third-order valence-electron chi connectivity index (χ3n) is 7.48. The van der Waals surface area contributed by atoms with E-state index in [4.69, 9.17) is 0 Å². The zero-order chi connectivity index (χ0) is 13.6. The summed E-state index contributed by atoms with van der Waals surface area (Å²) in [4.78, 5) is 12.3. The minimum Gasteiger partial charge on any atom is -0.295 e. The normalized spacial score (nSPS) is 53.2. The molecule has 0 aromatic rings. The van der Waals surface area contributed by atoms with E-state index in [9.17, 15) is 4.79 Å². The smallest absolute Gasteiger partial charge is 0.159 e. The molecule has 4 rings (SSSR count). The molecular weight excluding hydrogens is 232 g/mol. The van der Waals surface area contributed by atoms with E-state index in [0.29, 0.717) is 17.1 Å². The van der Waals surface area contributed by atoms with Crippen LogP contribution in [-0.2, 0) is 4.79 Å². The van der Waals surface area contributed by atoms with Gasteiger partial charge in [0, 0.05) is 11.3 Å². The van der Waals surface area contributed by atoms with Crippen molar-refractivity contribution < 1.29 is 4.79 Å². The van der Waals surface area contributed by atoms with Crippen molar-refractivity contribution in [1.82, 2.24) is 0 Å². The zero-order valence-corrected chi connectivity index (χ0v) is 12.5. The highest BCUT2D eigenvalue weighted by atomic mass is 16.1. The van der Waals surface area contributed by atoms with Crippen molar-refractivity contribution in [3.8, 4) is 0 Å². The first-order valence-electron chi connectivity index (χ1n) is 7.75. The average Bonchev–Trinajstić information content (AvgIpc) is 2.43. The molecule has 0 saturated heterocycles.